The van der Waals surface area contributed by atoms with Gasteiger partial charge < -0.3 is 10.1 Å². The summed E-state index contributed by atoms with van der Waals surface area (Å²) in [5.74, 6) is 0. The van der Waals surface area contributed by atoms with E-state index in [9.17, 15) is 0 Å². The molecule has 1 aromatic rings. The molecule has 1 aliphatic rings. The third kappa shape index (κ3) is 5.45. The average molecular weight is 330 g/mol. The summed E-state index contributed by atoms with van der Waals surface area (Å²) in [7, 11) is 0. The fraction of sp³-hybridized carbons (Fsp3) is 0.647. The number of ether oxygens (including phenoxy) is 1. The van der Waals surface area contributed by atoms with Crippen LogP contribution in [0.1, 0.15) is 44.6 Å². The predicted octanol–water partition coefficient (Wildman–Crippen LogP) is 4.86. The summed E-state index contributed by atoms with van der Waals surface area (Å²) >= 11 is 12.6. The molecule has 2 rings (SSSR count). The molecule has 1 heterocycles. The van der Waals surface area contributed by atoms with E-state index in [-0.39, 0.29) is 0 Å². The van der Waals surface area contributed by atoms with Gasteiger partial charge in [0.15, 0.2) is 0 Å². The molecule has 1 N–H and O–H groups in total. The molecule has 0 aliphatic carbocycles. The van der Waals surface area contributed by atoms with Crippen LogP contribution in [0.4, 0.5) is 0 Å². The fourth-order valence-electron chi connectivity index (χ4n) is 2.96. The molecule has 0 aromatic heterocycles. The van der Waals surface area contributed by atoms with Gasteiger partial charge in [0.05, 0.1) is 6.10 Å². The largest absolute Gasteiger partial charge is 0.378 e. The van der Waals surface area contributed by atoms with Gasteiger partial charge in [0.1, 0.15) is 0 Å². The molecule has 0 amide bonds. The molecule has 0 bridgehead atoms. The fourth-order valence-corrected chi connectivity index (χ4v) is 3.51. The number of benzene rings is 1. The molecule has 2 unspecified atom stereocenters. The lowest BCUT2D eigenvalue weighted by Gasteiger charge is -2.25. The maximum atomic E-state index is 6.29. The first kappa shape index (κ1) is 17.1. The van der Waals surface area contributed by atoms with Crippen molar-refractivity contribution in [2.24, 2.45) is 0 Å². The Morgan fingerprint density at radius 1 is 1.29 bits per heavy atom. The number of hydrogen-bond donors (Lipinski definition) is 1. The summed E-state index contributed by atoms with van der Waals surface area (Å²) in [6, 6.07) is 6.12. The van der Waals surface area contributed by atoms with Gasteiger partial charge >= 0.3 is 0 Å². The van der Waals surface area contributed by atoms with Crippen molar-refractivity contribution in [1.29, 1.82) is 0 Å². The van der Waals surface area contributed by atoms with Gasteiger partial charge in [0.25, 0.3) is 0 Å². The second kappa shape index (κ2) is 8.99. The Hall–Kier alpha value is -0.280. The highest BCUT2D eigenvalue weighted by molar-refractivity contribution is 6.36. The number of likely N-dealkylation sites (N-methyl/N-ethyl adjacent to an activating group) is 1. The van der Waals surface area contributed by atoms with Gasteiger partial charge in [0, 0.05) is 22.7 Å². The molecule has 21 heavy (non-hydrogen) atoms. The Labute approximate surface area is 138 Å². The van der Waals surface area contributed by atoms with Gasteiger partial charge in [0.2, 0.25) is 0 Å². The first-order chi connectivity index (χ1) is 10.2. The Balaban J connectivity index is 1.91. The quantitative estimate of drug-likeness (QED) is 0.771. The lowest BCUT2D eigenvalue weighted by molar-refractivity contribution is 0.00861. The molecule has 1 fully saturated rings. The SMILES string of the molecule is CCNC(CCC1CCCCO1)Cc1c(Cl)cccc1Cl. The van der Waals surface area contributed by atoms with E-state index in [0.29, 0.717) is 12.1 Å². The molecule has 0 spiro atoms. The summed E-state index contributed by atoms with van der Waals surface area (Å²) < 4.78 is 5.82. The van der Waals surface area contributed by atoms with Crippen LogP contribution in [0.3, 0.4) is 0 Å². The third-order valence-electron chi connectivity index (χ3n) is 4.12. The number of rotatable bonds is 7. The van der Waals surface area contributed by atoms with Crippen LogP contribution in [0, 0.1) is 0 Å². The van der Waals surface area contributed by atoms with Crippen molar-refractivity contribution in [2.75, 3.05) is 13.2 Å². The van der Waals surface area contributed by atoms with Crippen molar-refractivity contribution in [2.45, 2.75) is 57.6 Å². The molecule has 0 saturated carbocycles. The minimum Gasteiger partial charge on any atom is -0.378 e. The van der Waals surface area contributed by atoms with E-state index in [4.69, 9.17) is 27.9 Å². The van der Waals surface area contributed by atoms with Gasteiger partial charge in [-0.25, -0.2) is 0 Å². The molecule has 1 aromatic carbocycles. The molecular formula is C17H25Cl2NO. The highest BCUT2D eigenvalue weighted by Crippen LogP contribution is 2.27. The van der Waals surface area contributed by atoms with Crippen molar-refractivity contribution in [3.8, 4) is 0 Å². The summed E-state index contributed by atoms with van der Waals surface area (Å²) in [6.07, 6.45) is 7.22. The first-order valence-electron chi connectivity index (χ1n) is 7.98. The van der Waals surface area contributed by atoms with Crippen LogP contribution in [0.2, 0.25) is 10.0 Å². The summed E-state index contributed by atoms with van der Waals surface area (Å²) in [5, 5.41) is 5.08. The molecule has 1 saturated heterocycles. The zero-order valence-corrected chi connectivity index (χ0v) is 14.2. The smallest absolute Gasteiger partial charge is 0.0575 e. The summed E-state index contributed by atoms with van der Waals surface area (Å²) in [6.45, 7) is 4.02. The van der Waals surface area contributed by atoms with E-state index in [0.717, 1.165) is 48.0 Å². The highest BCUT2D eigenvalue weighted by Gasteiger charge is 2.18. The average Bonchev–Trinajstić information content (AvgIpc) is 2.49. The van der Waals surface area contributed by atoms with Crippen LogP contribution < -0.4 is 5.32 Å². The zero-order chi connectivity index (χ0) is 15.1. The van der Waals surface area contributed by atoms with Crippen molar-refractivity contribution in [3.63, 3.8) is 0 Å². The summed E-state index contributed by atoms with van der Waals surface area (Å²) in [4.78, 5) is 0. The summed E-state index contributed by atoms with van der Waals surface area (Å²) in [5.41, 5.74) is 1.05. The molecule has 4 heteroatoms. The molecule has 0 radical (unpaired) electrons. The van der Waals surface area contributed by atoms with Gasteiger partial charge in [-0.3, -0.25) is 0 Å². The van der Waals surface area contributed by atoms with Gasteiger partial charge in [-0.15, -0.1) is 0 Å². The van der Waals surface area contributed by atoms with E-state index in [1.807, 2.05) is 18.2 Å². The zero-order valence-electron chi connectivity index (χ0n) is 12.7. The molecule has 2 nitrogen and oxygen atoms in total. The minimum atomic E-state index is 0.401. The Kier molecular flexibility index (Phi) is 7.31. The normalized spacial score (nSPS) is 20.4. The lowest BCUT2D eigenvalue weighted by atomic mass is 9.97. The van der Waals surface area contributed by atoms with Gasteiger partial charge in [-0.2, -0.15) is 0 Å². The highest BCUT2D eigenvalue weighted by atomic mass is 35.5. The topological polar surface area (TPSA) is 21.3 Å². The second-order valence-corrected chi connectivity index (χ2v) is 6.54. The number of halogens is 2. The molecule has 118 valence electrons. The maximum absolute atomic E-state index is 6.29. The van der Waals surface area contributed by atoms with E-state index in [1.54, 1.807) is 0 Å². The van der Waals surface area contributed by atoms with E-state index in [2.05, 4.69) is 12.2 Å². The van der Waals surface area contributed by atoms with E-state index < -0.39 is 0 Å². The van der Waals surface area contributed by atoms with Gasteiger partial charge in [-0.05, 0) is 62.8 Å². The van der Waals surface area contributed by atoms with Crippen LogP contribution >= 0.6 is 23.2 Å². The Bertz CT molecular complexity index is 413. The monoisotopic (exact) mass is 329 g/mol. The van der Waals surface area contributed by atoms with Crippen LogP contribution in [0.25, 0.3) is 0 Å². The molecule has 2 atom stereocenters. The third-order valence-corrected chi connectivity index (χ3v) is 4.82. The van der Waals surface area contributed by atoms with E-state index in [1.165, 1.54) is 19.3 Å². The maximum Gasteiger partial charge on any atom is 0.0575 e. The van der Waals surface area contributed by atoms with Crippen LogP contribution in [-0.4, -0.2) is 25.3 Å². The number of hydrogen-bond acceptors (Lipinski definition) is 2. The van der Waals surface area contributed by atoms with Crippen LogP contribution in [-0.2, 0) is 11.2 Å². The van der Waals surface area contributed by atoms with Crippen molar-refractivity contribution in [1.82, 2.24) is 5.32 Å². The first-order valence-corrected chi connectivity index (χ1v) is 8.74. The molecular weight excluding hydrogens is 305 g/mol. The lowest BCUT2D eigenvalue weighted by Crippen LogP contribution is -2.33. The number of nitrogens with one attached hydrogen (secondary N) is 1. The van der Waals surface area contributed by atoms with Crippen molar-refractivity contribution >= 4 is 23.2 Å². The molecule has 1 aliphatic heterocycles. The van der Waals surface area contributed by atoms with Crippen LogP contribution in [0.5, 0.6) is 0 Å². The predicted molar refractivity (Wildman–Crippen MR) is 90.5 cm³/mol. The second-order valence-electron chi connectivity index (χ2n) is 5.72. The Morgan fingerprint density at radius 3 is 2.67 bits per heavy atom. The van der Waals surface area contributed by atoms with Crippen molar-refractivity contribution in [3.05, 3.63) is 33.8 Å². The minimum absolute atomic E-state index is 0.401. The van der Waals surface area contributed by atoms with Gasteiger partial charge in [-0.1, -0.05) is 36.2 Å². The van der Waals surface area contributed by atoms with Crippen molar-refractivity contribution < 1.29 is 4.74 Å². The standard InChI is InChI=1S/C17H25Cl2NO/c1-2-20-13(9-10-14-6-3-4-11-21-14)12-15-16(18)7-5-8-17(15)19/h5,7-8,13-14,20H,2-4,6,9-12H2,1H3. The van der Waals surface area contributed by atoms with Crippen LogP contribution in [0.15, 0.2) is 18.2 Å². The van der Waals surface area contributed by atoms with E-state index >= 15 is 0 Å². The Morgan fingerprint density at radius 2 is 2.05 bits per heavy atom.